The van der Waals surface area contributed by atoms with Crippen molar-refractivity contribution >= 4 is 0 Å². The molecule has 1 aromatic rings. The van der Waals surface area contributed by atoms with Gasteiger partial charge in [-0.1, -0.05) is 18.2 Å². The first kappa shape index (κ1) is 12.0. The Hall–Kier alpha value is -1.48. The fourth-order valence-corrected chi connectivity index (χ4v) is 2.29. The highest BCUT2D eigenvalue weighted by molar-refractivity contribution is 5.40. The van der Waals surface area contributed by atoms with E-state index in [9.17, 15) is 10.2 Å². The van der Waals surface area contributed by atoms with Crippen molar-refractivity contribution in [1.82, 2.24) is 5.32 Å². The second kappa shape index (κ2) is 5.23. The topological polar surface area (TPSA) is 52.5 Å². The van der Waals surface area contributed by atoms with Crippen molar-refractivity contribution in [3.63, 3.8) is 0 Å². The van der Waals surface area contributed by atoms with Crippen molar-refractivity contribution in [2.45, 2.75) is 38.3 Å². The Kier molecular flexibility index (Phi) is 3.69. The van der Waals surface area contributed by atoms with Gasteiger partial charge < -0.3 is 15.5 Å². The second-order valence-electron chi connectivity index (χ2n) is 4.61. The summed E-state index contributed by atoms with van der Waals surface area (Å²) in [5.41, 5.74) is 0.831. The molecule has 1 aliphatic rings. The van der Waals surface area contributed by atoms with E-state index < -0.39 is 0 Å². The van der Waals surface area contributed by atoms with E-state index in [4.69, 9.17) is 0 Å². The molecule has 3 N–H and O–H groups in total. The Balaban J connectivity index is 2.03. The first-order valence-corrected chi connectivity index (χ1v) is 6.09. The van der Waals surface area contributed by atoms with Crippen molar-refractivity contribution in [1.29, 1.82) is 0 Å². The Bertz CT molecular complexity index is 415. The lowest BCUT2D eigenvalue weighted by Crippen LogP contribution is -2.32. The highest BCUT2D eigenvalue weighted by atomic mass is 16.3. The van der Waals surface area contributed by atoms with Crippen LogP contribution in [0.2, 0.25) is 0 Å². The molecule has 0 saturated heterocycles. The van der Waals surface area contributed by atoms with E-state index in [1.165, 1.54) is 6.07 Å². The molecular weight excluding hydrogens is 214 g/mol. The van der Waals surface area contributed by atoms with Crippen LogP contribution in [0.4, 0.5) is 0 Å². The lowest BCUT2D eigenvalue weighted by atomic mass is 9.99. The molecule has 2 atom stereocenters. The zero-order valence-corrected chi connectivity index (χ0v) is 10.1. The number of hydrogen-bond donors (Lipinski definition) is 3. The van der Waals surface area contributed by atoms with Crippen LogP contribution in [0, 0.1) is 0 Å². The van der Waals surface area contributed by atoms with Crippen LogP contribution in [0.15, 0.2) is 30.4 Å². The molecule has 0 aromatic heterocycles. The number of benzene rings is 1. The molecule has 0 bridgehead atoms. The van der Waals surface area contributed by atoms with E-state index >= 15 is 0 Å². The molecule has 1 aromatic carbocycles. The third-order valence-electron chi connectivity index (χ3n) is 3.24. The van der Waals surface area contributed by atoms with E-state index in [0.717, 1.165) is 24.8 Å². The van der Waals surface area contributed by atoms with Gasteiger partial charge in [-0.25, -0.2) is 0 Å². The summed E-state index contributed by atoms with van der Waals surface area (Å²) in [6.45, 7) is 2.03. The summed E-state index contributed by atoms with van der Waals surface area (Å²) in [5.74, 6) is 0.246. The number of nitrogens with one attached hydrogen (secondary N) is 1. The van der Waals surface area contributed by atoms with Crippen LogP contribution in [0.3, 0.4) is 0 Å². The van der Waals surface area contributed by atoms with Crippen molar-refractivity contribution in [2.24, 2.45) is 0 Å². The highest BCUT2D eigenvalue weighted by Gasteiger charge is 2.16. The number of aromatic hydroxyl groups is 2. The molecule has 17 heavy (non-hydrogen) atoms. The SMILES string of the molecule is CC(NC1CC=CCC1)c1ccc(O)cc1O. The van der Waals surface area contributed by atoms with Gasteiger partial charge in [0.05, 0.1) is 0 Å². The number of phenolic OH excluding ortho intramolecular Hbond substituents is 2. The monoisotopic (exact) mass is 233 g/mol. The van der Waals surface area contributed by atoms with Crippen LogP contribution in [0.5, 0.6) is 11.5 Å². The fourth-order valence-electron chi connectivity index (χ4n) is 2.29. The third kappa shape index (κ3) is 3.01. The molecule has 92 valence electrons. The first-order valence-electron chi connectivity index (χ1n) is 6.09. The molecular formula is C14H19NO2. The van der Waals surface area contributed by atoms with Crippen molar-refractivity contribution in [3.8, 4) is 11.5 Å². The maximum Gasteiger partial charge on any atom is 0.124 e. The summed E-state index contributed by atoms with van der Waals surface area (Å²) < 4.78 is 0. The predicted molar refractivity (Wildman–Crippen MR) is 68.1 cm³/mol. The van der Waals surface area contributed by atoms with Crippen molar-refractivity contribution in [2.75, 3.05) is 0 Å². The molecule has 2 rings (SSSR count). The van der Waals surface area contributed by atoms with Crippen LogP contribution < -0.4 is 5.32 Å². The molecule has 3 nitrogen and oxygen atoms in total. The standard InChI is InChI=1S/C14H19NO2/c1-10(15-11-5-3-2-4-6-11)13-8-7-12(16)9-14(13)17/h2-3,7-11,15-17H,4-6H2,1H3. The Morgan fingerprint density at radius 2 is 2.12 bits per heavy atom. The molecule has 1 aliphatic carbocycles. The predicted octanol–water partition coefficient (Wildman–Crippen LogP) is 2.86. The van der Waals surface area contributed by atoms with Gasteiger partial charge in [-0.05, 0) is 32.3 Å². The quantitative estimate of drug-likeness (QED) is 0.704. The molecule has 0 amide bonds. The lowest BCUT2D eigenvalue weighted by molar-refractivity contribution is 0.403. The first-order chi connectivity index (χ1) is 8.16. The molecule has 0 spiro atoms. The van der Waals surface area contributed by atoms with Crippen LogP contribution in [-0.2, 0) is 0 Å². The van der Waals surface area contributed by atoms with Crippen LogP contribution in [0.1, 0.15) is 37.8 Å². The minimum atomic E-state index is 0.0899. The summed E-state index contributed by atoms with van der Waals surface area (Å²) in [6.07, 6.45) is 7.71. The van der Waals surface area contributed by atoms with Gasteiger partial charge in [-0.3, -0.25) is 0 Å². The summed E-state index contributed by atoms with van der Waals surface area (Å²) in [4.78, 5) is 0. The van der Waals surface area contributed by atoms with Gasteiger partial charge in [0.15, 0.2) is 0 Å². The number of phenols is 2. The van der Waals surface area contributed by atoms with E-state index in [0.29, 0.717) is 6.04 Å². The van der Waals surface area contributed by atoms with E-state index in [-0.39, 0.29) is 17.5 Å². The zero-order valence-electron chi connectivity index (χ0n) is 10.1. The minimum absolute atomic E-state index is 0.0899. The minimum Gasteiger partial charge on any atom is -0.508 e. The van der Waals surface area contributed by atoms with Crippen LogP contribution in [0.25, 0.3) is 0 Å². The normalized spacial score (nSPS) is 21.4. The van der Waals surface area contributed by atoms with Gasteiger partial charge in [-0.15, -0.1) is 0 Å². The molecule has 2 unspecified atom stereocenters. The van der Waals surface area contributed by atoms with Crippen LogP contribution in [-0.4, -0.2) is 16.3 Å². The molecule has 0 fully saturated rings. The molecule has 0 radical (unpaired) electrons. The number of allylic oxidation sites excluding steroid dienone is 1. The average Bonchev–Trinajstić information content (AvgIpc) is 2.30. The van der Waals surface area contributed by atoms with Gasteiger partial charge >= 0.3 is 0 Å². The third-order valence-corrected chi connectivity index (χ3v) is 3.24. The van der Waals surface area contributed by atoms with Gasteiger partial charge in [0.25, 0.3) is 0 Å². The Morgan fingerprint density at radius 3 is 2.76 bits per heavy atom. The second-order valence-corrected chi connectivity index (χ2v) is 4.61. The van der Waals surface area contributed by atoms with Crippen molar-refractivity contribution in [3.05, 3.63) is 35.9 Å². The largest absolute Gasteiger partial charge is 0.508 e. The van der Waals surface area contributed by atoms with E-state index in [1.54, 1.807) is 12.1 Å². The number of hydrogen-bond acceptors (Lipinski definition) is 3. The molecule has 3 heteroatoms. The Morgan fingerprint density at radius 1 is 1.29 bits per heavy atom. The summed E-state index contributed by atoms with van der Waals surface area (Å²) in [6, 6.07) is 5.32. The van der Waals surface area contributed by atoms with Gasteiger partial charge in [0.2, 0.25) is 0 Å². The molecule has 0 heterocycles. The lowest BCUT2D eigenvalue weighted by Gasteiger charge is -2.24. The van der Waals surface area contributed by atoms with Gasteiger partial charge in [-0.2, -0.15) is 0 Å². The van der Waals surface area contributed by atoms with Crippen LogP contribution >= 0.6 is 0 Å². The van der Waals surface area contributed by atoms with E-state index in [1.807, 2.05) is 6.92 Å². The highest BCUT2D eigenvalue weighted by Crippen LogP contribution is 2.28. The summed E-state index contributed by atoms with van der Waals surface area (Å²) >= 11 is 0. The fraction of sp³-hybridized carbons (Fsp3) is 0.429. The van der Waals surface area contributed by atoms with Crippen molar-refractivity contribution < 1.29 is 10.2 Å². The average molecular weight is 233 g/mol. The molecule has 0 aliphatic heterocycles. The number of rotatable bonds is 3. The van der Waals surface area contributed by atoms with Gasteiger partial charge in [0.1, 0.15) is 11.5 Å². The summed E-state index contributed by atoms with van der Waals surface area (Å²) in [7, 11) is 0. The Labute approximate surface area is 102 Å². The smallest absolute Gasteiger partial charge is 0.124 e. The summed E-state index contributed by atoms with van der Waals surface area (Å²) in [5, 5.41) is 22.5. The maximum atomic E-state index is 9.78. The maximum absolute atomic E-state index is 9.78. The zero-order chi connectivity index (χ0) is 12.3. The molecule has 0 saturated carbocycles. The van der Waals surface area contributed by atoms with E-state index in [2.05, 4.69) is 17.5 Å². The van der Waals surface area contributed by atoms with Gasteiger partial charge in [0, 0.05) is 23.7 Å².